The third kappa shape index (κ3) is 3.65. The summed E-state index contributed by atoms with van der Waals surface area (Å²) in [5, 5.41) is 8.60. The van der Waals surface area contributed by atoms with Crippen LogP contribution >= 0.6 is 0 Å². The van der Waals surface area contributed by atoms with E-state index in [1.807, 2.05) is 26.8 Å². The van der Waals surface area contributed by atoms with Gasteiger partial charge in [0.1, 0.15) is 5.82 Å². The number of carbonyl (C=O) groups excluding carboxylic acids is 1. The van der Waals surface area contributed by atoms with Crippen molar-refractivity contribution in [3.05, 3.63) is 17.7 Å². The molecule has 0 atom stereocenters. The second-order valence-electron chi connectivity index (χ2n) is 4.48. The smallest absolute Gasteiger partial charge is 0.274 e. The summed E-state index contributed by atoms with van der Waals surface area (Å²) in [6, 6.07) is 2.03. The lowest BCUT2D eigenvalue weighted by molar-refractivity contribution is 0.0762. The molecule has 1 amide bonds. The van der Waals surface area contributed by atoms with Crippen LogP contribution in [0.5, 0.6) is 0 Å². The predicted molar refractivity (Wildman–Crippen MR) is 72.3 cm³/mol. The van der Waals surface area contributed by atoms with Gasteiger partial charge in [-0.15, -0.1) is 0 Å². The molecule has 0 bridgehead atoms. The molecule has 102 valence electrons. The number of hydrogen-bond acceptors (Lipinski definition) is 5. The fourth-order valence-electron chi connectivity index (χ4n) is 1.59. The van der Waals surface area contributed by atoms with Gasteiger partial charge in [0.25, 0.3) is 5.91 Å². The molecule has 1 rings (SSSR count). The Kier molecular flexibility index (Phi) is 5.24. The highest BCUT2D eigenvalue weighted by atomic mass is 16.2. The van der Waals surface area contributed by atoms with Crippen LogP contribution in [-0.2, 0) is 0 Å². The average Bonchev–Trinajstić information content (AvgIpc) is 2.39. The Bertz CT molecular complexity index is 492. The fraction of sp³-hybridized carbons (Fsp3) is 0.538. The zero-order valence-electron chi connectivity index (χ0n) is 11.6. The van der Waals surface area contributed by atoms with Gasteiger partial charge in [0, 0.05) is 19.0 Å². The maximum absolute atomic E-state index is 12.3. The number of rotatable bonds is 5. The van der Waals surface area contributed by atoms with E-state index in [1.165, 1.54) is 6.20 Å². The second kappa shape index (κ2) is 6.69. The van der Waals surface area contributed by atoms with Crippen molar-refractivity contribution in [1.29, 1.82) is 5.26 Å². The molecule has 1 aromatic heterocycles. The highest BCUT2D eigenvalue weighted by Gasteiger charge is 2.19. The van der Waals surface area contributed by atoms with E-state index in [0.717, 1.165) is 0 Å². The van der Waals surface area contributed by atoms with E-state index in [2.05, 4.69) is 9.97 Å². The topological polar surface area (TPSA) is 95.9 Å². The van der Waals surface area contributed by atoms with E-state index < -0.39 is 0 Å². The van der Waals surface area contributed by atoms with Gasteiger partial charge >= 0.3 is 0 Å². The molecule has 2 N–H and O–H groups in total. The van der Waals surface area contributed by atoms with Crippen LogP contribution in [0.1, 0.15) is 49.4 Å². The van der Waals surface area contributed by atoms with Gasteiger partial charge in [-0.05, 0) is 6.92 Å². The van der Waals surface area contributed by atoms with Gasteiger partial charge in [-0.25, -0.2) is 9.97 Å². The van der Waals surface area contributed by atoms with Crippen molar-refractivity contribution < 1.29 is 4.79 Å². The molecule has 0 saturated carbocycles. The van der Waals surface area contributed by atoms with Crippen molar-refractivity contribution in [2.24, 2.45) is 0 Å². The van der Waals surface area contributed by atoms with Crippen LogP contribution in [0.3, 0.4) is 0 Å². The zero-order chi connectivity index (χ0) is 14.4. The molecule has 0 aromatic carbocycles. The summed E-state index contributed by atoms with van der Waals surface area (Å²) < 4.78 is 0. The Hall–Kier alpha value is -2.16. The molecule has 1 aromatic rings. The third-order valence-corrected chi connectivity index (χ3v) is 2.72. The van der Waals surface area contributed by atoms with Gasteiger partial charge in [-0.2, -0.15) is 5.26 Å². The standard InChI is InChI=1S/C13H19N5O/c1-4-18(7-5-6-14)13(19)11-10(15)8-16-12(17-11)9(2)3/h8-9H,4-5,7,15H2,1-3H3. The molecule has 19 heavy (non-hydrogen) atoms. The Morgan fingerprint density at radius 1 is 1.58 bits per heavy atom. The number of nitrogen functional groups attached to an aromatic ring is 1. The molecule has 6 heteroatoms. The van der Waals surface area contributed by atoms with Crippen LogP contribution in [0.25, 0.3) is 0 Å². The number of hydrogen-bond donors (Lipinski definition) is 1. The molecule has 0 radical (unpaired) electrons. The van der Waals surface area contributed by atoms with Gasteiger partial charge in [0.2, 0.25) is 0 Å². The molecule has 0 fully saturated rings. The van der Waals surface area contributed by atoms with Crippen molar-refractivity contribution in [2.45, 2.75) is 33.1 Å². The molecule has 1 heterocycles. The number of anilines is 1. The summed E-state index contributed by atoms with van der Waals surface area (Å²) in [7, 11) is 0. The third-order valence-electron chi connectivity index (χ3n) is 2.72. The molecular formula is C13H19N5O. The van der Waals surface area contributed by atoms with E-state index in [0.29, 0.717) is 25.3 Å². The number of carbonyl (C=O) groups is 1. The first-order valence-electron chi connectivity index (χ1n) is 6.29. The Balaban J connectivity index is 3.03. The van der Waals surface area contributed by atoms with Crippen LogP contribution in [0.2, 0.25) is 0 Å². The van der Waals surface area contributed by atoms with E-state index >= 15 is 0 Å². The summed E-state index contributed by atoms with van der Waals surface area (Å²) in [6.07, 6.45) is 1.76. The molecule has 0 saturated heterocycles. The van der Waals surface area contributed by atoms with E-state index in [1.54, 1.807) is 4.90 Å². The van der Waals surface area contributed by atoms with Gasteiger partial charge in [-0.3, -0.25) is 4.79 Å². The highest BCUT2D eigenvalue weighted by Crippen LogP contribution is 2.15. The van der Waals surface area contributed by atoms with Gasteiger partial charge in [-0.1, -0.05) is 13.8 Å². The van der Waals surface area contributed by atoms with Crippen LogP contribution in [0, 0.1) is 11.3 Å². The van der Waals surface area contributed by atoms with Crippen LogP contribution in [0.15, 0.2) is 6.20 Å². The average molecular weight is 261 g/mol. The first-order chi connectivity index (χ1) is 9.01. The van der Waals surface area contributed by atoms with Crippen molar-refractivity contribution in [3.8, 4) is 6.07 Å². The largest absolute Gasteiger partial charge is 0.396 e. The Morgan fingerprint density at radius 3 is 2.79 bits per heavy atom. The fourth-order valence-corrected chi connectivity index (χ4v) is 1.59. The normalized spacial score (nSPS) is 10.3. The lowest BCUT2D eigenvalue weighted by atomic mass is 10.2. The van der Waals surface area contributed by atoms with Gasteiger partial charge in [0.05, 0.1) is 24.4 Å². The summed E-state index contributed by atoms with van der Waals surface area (Å²) in [6.45, 7) is 6.66. The SMILES string of the molecule is CCN(CCC#N)C(=O)c1nc(C(C)C)ncc1N. The lowest BCUT2D eigenvalue weighted by Gasteiger charge is -2.20. The number of aromatic nitrogens is 2. The van der Waals surface area contributed by atoms with Gasteiger partial charge in [0.15, 0.2) is 5.69 Å². The number of nitrogens with two attached hydrogens (primary N) is 1. The van der Waals surface area contributed by atoms with Crippen LogP contribution < -0.4 is 5.73 Å². The highest BCUT2D eigenvalue weighted by molar-refractivity contribution is 5.96. The Morgan fingerprint density at radius 2 is 2.26 bits per heavy atom. The minimum Gasteiger partial charge on any atom is -0.396 e. The minimum absolute atomic E-state index is 0.126. The maximum atomic E-state index is 12.3. The molecule has 0 aliphatic rings. The first-order valence-corrected chi connectivity index (χ1v) is 6.29. The number of nitriles is 1. The molecular weight excluding hydrogens is 242 g/mol. The summed E-state index contributed by atoms with van der Waals surface area (Å²) in [5.41, 5.74) is 6.26. The van der Waals surface area contributed by atoms with Crippen molar-refractivity contribution in [2.75, 3.05) is 18.8 Å². The zero-order valence-corrected chi connectivity index (χ0v) is 11.6. The van der Waals surface area contributed by atoms with E-state index in [4.69, 9.17) is 11.0 Å². The van der Waals surface area contributed by atoms with Crippen LogP contribution in [0.4, 0.5) is 5.69 Å². The quantitative estimate of drug-likeness (QED) is 0.867. The summed E-state index contributed by atoms with van der Waals surface area (Å²) in [4.78, 5) is 22.2. The molecule has 0 aliphatic heterocycles. The molecule has 6 nitrogen and oxygen atoms in total. The van der Waals surface area contributed by atoms with Crippen molar-refractivity contribution in [1.82, 2.24) is 14.9 Å². The van der Waals surface area contributed by atoms with E-state index in [-0.39, 0.29) is 23.2 Å². The van der Waals surface area contributed by atoms with Gasteiger partial charge < -0.3 is 10.6 Å². The first kappa shape index (κ1) is 14.9. The summed E-state index contributed by atoms with van der Waals surface area (Å²) in [5.74, 6) is 0.467. The van der Waals surface area contributed by atoms with E-state index in [9.17, 15) is 4.79 Å². The minimum atomic E-state index is -0.250. The molecule has 0 spiro atoms. The monoisotopic (exact) mass is 261 g/mol. The Labute approximate surface area is 113 Å². The second-order valence-corrected chi connectivity index (χ2v) is 4.48. The van der Waals surface area contributed by atoms with Crippen LogP contribution in [-0.4, -0.2) is 33.9 Å². The molecule has 0 aliphatic carbocycles. The number of amides is 1. The van der Waals surface area contributed by atoms with Crippen molar-refractivity contribution >= 4 is 11.6 Å². The molecule has 0 unspecified atom stereocenters. The predicted octanol–water partition coefficient (Wildman–Crippen LogP) is 1.56. The summed E-state index contributed by atoms with van der Waals surface area (Å²) >= 11 is 0. The maximum Gasteiger partial charge on any atom is 0.274 e. The number of nitrogens with zero attached hydrogens (tertiary/aromatic N) is 4. The van der Waals surface area contributed by atoms with Crippen molar-refractivity contribution in [3.63, 3.8) is 0 Å². The lowest BCUT2D eigenvalue weighted by Crippen LogP contribution is -2.33.